The van der Waals surface area contributed by atoms with Crippen LogP contribution in [0, 0.1) is 0 Å². The molecule has 1 aliphatic rings. The molecule has 1 saturated heterocycles. The maximum Gasteiger partial charge on any atom is 0.192 e. The molecule has 1 unspecified atom stereocenters. The van der Waals surface area contributed by atoms with Gasteiger partial charge < -0.3 is 10.1 Å². The smallest absolute Gasteiger partial charge is 0.192 e. The number of nitrogens with one attached hydrogen (secondary N) is 1. The van der Waals surface area contributed by atoms with E-state index in [-0.39, 0.29) is 11.9 Å². The maximum absolute atomic E-state index is 11.9. The number of morpholine rings is 1. The van der Waals surface area contributed by atoms with Gasteiger partial charge in [-0.25, -0.2) is 0 Å². The van der Waals surface area contributed by atoms with Gasteiger partial charge in [0, 0.05) is 23.7 Å². The quantitative estimate of drug-likeness (QED) is 0.776. The first-order valence-corrected chi connectivity index (χ1v) is 5.27. The highest BCUT2D eigenvalue weighted by Crippen LogP contribution is 2.12. The molecule has 1 N–H and O–H groups in total. The van der Waals surface area contributed by atoms with Crippen LogP contribution in [0.15, 0.2) is 24.3 Å². The highest BCUT2D eigenvalue weighted by Gasteiger charge is 2.22. The van der Waals surface area contributed by atoms with Crippen molar-refractivity contribution in [1.29, 1.82) is 0 Å². The summed E-state index contributed by atoms with van der Waals surface area (Å²) in [5.74, 6) is 0.0128. The molecule has 0 aliphatic carbocycles. The summed E-state index contributed by atoms with van der Waals surface area (Å²) < 4.78 is 5.38. The number of ether oxygens (including phenoxy) is 1. The SMILES string of the molecule is O=C(c1ccc(Cl)cc1)C1CNCCO1. The fraction of sp³-hybridized carbons (Fsp3) is 0.364. The number of benzene rings is 1. The topological polar surface area (TPSA) is 38.3 Å². The predicted molar refractivity (Wildman–Crippen MR) is 58.4 cm³/mol. The van der Waals surface area contributed by atoms with E-state index in [2.05, 4.69) is 5.32 Å². The molecule has 1 atom stereocenters. The van der Waals surface area contributed by atoms with Crippen molar-refractivity contribution in [3.05, 3.63) is 34.9 Å². The highest BCUT2D eigenvalue weighted by molar-refractivity contribution is 6.30. The summed E-state index contributed by atoms with van der Waals surface area (Å²) in [7, 11) is 0. The molecule has 80 valence electrons. The molecule has 0 saturated carbocycles. The van der Waals surface area contributed by atoms with Crippen molar-refractivity contribution in [2.75, 3.05) is 19.7 Å². The van der Waals surface area contributed by atoms with E-state index >= 15 is 0 Å². The number of ketones is 1. The number of carbonyl (C=O) groups is 1. The number of carbonyl (C=O) groups excluding carboxylic acids is 1. The van der Waals surface area contributed by atoms with Crippen LogP contribution in [0.1, 0.15) is 10.4 Å². The molecule has 1 aliphatic heterocycles. The van der Waals surface area contributed by atoms with Gasteiger partial charge in [-0.05, 0) is 24.3 Å². The van der Waals surface area contributed by atoms with E-state index in [0.717, 1.165) is 6.54 Å². The van der Waals surface area contributed by atoms with Crippen LogP contribution in [0.25, 0.3) is 0 Å². The Labute approximate surface area is 93.4 Å². The van der Waals surface area contributed by atoms with Gasteiger partial charge in [-0.15, -0.1) is 0 Å². The van der Waals surface area contributed by atoms with E-state index in [1.165, 1.54) is 0 Å². The third-order valence-corrected chi connectivity index (χ3v) is 2.60. The molecule has 3 nitrogen and oxygen atoms in total. The summed E-state index contributed by atoms with van der Waals surface area (Å²) in [6.07, 6.45) is -0.361. The number of Topliss-reactive ketones (excluding diaryl/α,β-unsaturated/α-hetero) is 1. The van der Waals surface area contributed by atoms with Crippen LogP contribution in [0.3, 0.4) is 0 Å². The molecular formula is C11H12ClNO2. The Kier molecular flexibility index (Phi) is 3.36. The molecule has 0 amide bonds. The minimum absolute atomic E-state index is 0.0128. The van der Waals surface area contributed by atoms with Gasteiger partial charge in [0.15, 0.2) is 5.78 Å². The lowest BCUT2D eigenvalue weighted by Gasteiger charge is -2.22. The fourth-order valence-corrected chi connectivity index (χ4v) is 1.66. The Hall–Kier alpha value is -0.900. The van der Waals surface area contributed by atoms with Gasteiger partial charge >= 0.3 is 0 Å². The Morgan fingerprint density at radius 1 is 1.40 bits per heavy atom. The Balaban J connectivity index is 2.09. The molecule has 1 heterocycles. The minimum atomic E-state index is -0.361. The molecular weight excluding hydrogens is 214 g/mol. The van der Waals surface area contributed by atoms with E-state index < -0.39 is 0 Å². The minimum Gasteiger partial charge on any atom is -0.367 e. The Morgan fingerprint density at radius 2 is 2.13 bits per heavy atom. The Bertz CT molecular complexity index is 344. The summed E-state index contributed by atoms with van der Waals surface area (Å²) >= 11 is 5.75. The van der Waals surface area contributed by atoms with Gasteiger partial charge in [-0.1, -0.05) is 11.6 Å². The van der Waals surface area contributed by atoms with E-state index in [4.69, 9.17) is 16.3 Å². The normalized spacial score (nSPS) is 21.3. The van der Waals surface area contributed by atoms with Gasteiger partial charge in [0.25, 0.3) is 0 Å². The van der Waals surface area contributed by atoms with Gasteiger partial charge in [0.2, 0.25) is 0 Å². The lowest BCUT2D eigenvalue weighted by atomic mass is 10.1. The number of halogens is 1. The molecule has 0 bridgehead atoms. The molecule has 1 aromatic carbocycles. The zero-order chi connectivity index (χ0) is 10.7. The van der Waals surface area contributed by atoms with E-state index in [1.807, 2.05) is 0 Å². The zero-order valence-electron chi connectivity index (χ0n) is 8.20. The van der Waals surface area contributed by atoms with E-state index in [1.54, 1.807) is 24.3 Å². The molecule has 0 radical (unpaired) electrons. The molecule has 0 aromatic heterocycles. The number of rotatable bonds is 2. The monoisotopic (exact) mass is 225 g/mol. The van der Waals surface area contributed by atoms with Crippen molar-refractivity contribution in [2.45, 2.75) is 6.10 Å². The van der Waals surface area contributed by atoms with Gasteiger partial charge in [0.05, 0.1) is 6.61 Å². The van der Waals surface area contributed by atoms with Gasteiger partial charge in [-0.2, -0.15) is 0 Å². The summed E-state index contributed by atoms with van der Waals surface area (Å²) in [5.41, 5.74) is 0.646. The van der Waals surface area contributed by atoms with Crippen molar-refractivity contribution >= 4 is 17.4 Å². The average Bonchev–Trinajstić information content (AvgIpc) is 2.30. The number of hydrogen-bond acceptors (Lipinski definition) is 3. The lowest BCUT2D eigenvalue weighted by molar-refractivity contribution is 0.0269. The van der Waals surface area contributed by atoms with Crippen LogP contribution in [0.5, 0.6) is 0 Å². The summed E-state index contributed by atoms with van der Waals surface area (Å²) in [6, 6.07) is 6.88. The van der Waals surface area contributed by atoms with Crippen molar-refractivity contribution in [2.24, 2.45) is 0 Å². The first-order chi connectivity index (χ1) is 7.27. The van der Waals surface area contributed by atoms with Crippen LogP contribution < -0.4 is 5.32 Å². The fourth-order valence-electron chi connectivity index (χ4n) is 1.53. The maximum atomic E-state index is 11.9. The standard InChI is InChI=1S/C11H12ClNO2/c12-9-3-1-8(2-4-9)11(14)10-7-13-5-6-15-10/h1-4,10,13H,5-7H2. The largest absolute Gasteiger partial charge is 0.367 e. The summed E-state index contributed by atoms with van der Waals surface area (Å²) in [4.78, 5) is 11.9. The highest BCUT2D eigenvalue weighted by atomic mass is 35.5. The van der Waals surface area contributed by atoms with Crippen molar-refractivity contribution in [3.8, 4) is 0 Å². The summed E-state index contributed by atoms with van der Waals surface area (Å²) in [5, 5.41) is 3.76. The average molecular weight is 226 g/mol. The molecule has 1 aromatic rings. The predicted octanol–water partition coefficient (Wildman–Crippen LogP) is 1.51. The van der Waals surface area contributed by atoms with Crippen molar-refractivity contribution < 1.29 is 9.53 Å². The van der Waals surface area contributed by atoms with E-state index in [0.29, 0.717) is 23.7 Å². The molecule has 0 spiro atoms. The van der Waals surface area contributed by atoms with Crippen molar-refractivity contribution in [1.82, 2.24) is 5.32 Å². The third kappa shape index (κ3) is 2.56. The van der Waals surface area contributed by atoms with E-state index in [9.17, 15) is 4.79 Å². The second-order valence-electron chi connectivity index (χ2n) is 3.43. The van der Waals surface area contributed by atoms with Crippen LogP contribution in [0.4, 0.5) is 0 Å². The molecule has 4 heteroatoms. The first-order valence-electron chi connectivity index (χ1n) is 4.89. The third-order valence-electron chi connectivity index (χ3n) is 2.35. The summed E-state index contributed by atoms with van der Waals surface area (Å²) in [6.45, 7) is 1.98. The molecule has 2 rings (SSSR count). The van der Waals surface area contributed by atoms with Crippen LogP contribution in [-0.4, -0.2) is 31.6 Å². The Morgan fingerprint density at radius 3 is 2.73 bits per heavy atom. The second-order valence-corrected chi connectivity index (χ2v) is 3.87. The lowest BCUT2D eigenvalue weighted by Crippen LogP contribution is -2.43. The van der Waals surface area contributed by atoms with Crippen molar-refractivity contribution in [3.63, 3.8) is 0 Å². The molecule has 1 fully saturated rings. The van der Waals surface area contributed by atoms with Gasteiger partial charge in [-0.3, -0.25) is 4.79 Å². The number of hydrogen-bond donors (Lipinski definition) is 1. The molecule has 15 heavy (non-hydrogen) atoms. The van der Waals surface area contributed by atoms with Crippen LogP contribution >= 0.6 is 11.6 Å². The second kappa shape index (κ2) is 4.75. The van der Waals surface area contributed by atoms with Crippen LogP contribution in [-0.2, 0) is 4.74 Å². The zero-order valence-corrected chi connectivity index (χ0v) is 8.96. The van der Waals surface area contributed by atoms with Crippen LogP contribution in [0.2, 0.25) is 5.02 Å². The first kappa shape index (κ1) is 10.6. The van der Waals surface area contributed by atoms with Gasteiger partial charge in [0.1, 0.15) is 6.10 Å².